The number of carbonyl (C=O) groups is 1. The molecule has 1 amide bonds. The third-order valence-electron chi connectivity index (χ3n) is 2.41. The van der Waals surface area contributed by atoms with Gasteiger partial charge in [0.05, 0.1) is 6.04 Å². The largest absolute Gasteiger partial charge is 0.444 e. The van der Waals surface area contributed by atoms with Crippen molar-refractivity contribution in [3.63, 3.8) is 0 Å². The average Bonchev–Trinajstić information content (AvgIpc) is 2.21. The monoisotopic (exact) mass is 265 g/mol. The first-order valence-corrected chi connectivity index (χ1v) is 6.53. The number of rotatable bonds is 3. The van der Waals surface area contributed by atoms with Crippen molar-refractivity contribution in [1.82, 2.24) is 15.3 Å². The van der Waals surface area contributed by atoms with Crippen molar-refractivity contribution in [2.24, 2.45) is 0 Å². The van der Waals surface area contributed by atoms with Gasteiger partial charge in [0.15, 0.2) is 5.82 Å². The smallest absolute Gasteiger partial charge is 0.408 e. The molecule has 5 nitrogen and oxygen atoms in total. The number of hydrogen-bond donors (Lipinski definition) is 1. The van der Waals surface area contributed by atoms with Crippen LogP contribution in [0, 0.1) is 13.8 Å². The number of hydrogen-bond acceptors (Lipinski definition) is 4. The Morgan fingerprint density at radius 2 is 1.84 bits per heavy atom. The minimum Gasteiger partial charge on any atom is -0.444 e. The van der Waals surface area contributed by atoms with Crippen LogP contribution in [0.1, 0.15) is 57.4 Å². The number of alkyl carbamates (subject to hydrolysis) is 1. The second-order valence-electron chi connectivity index (χ2n) is 5.62. The fraction of sp³-hybridized carbons (Fsp3) is 0.643. The topological polar surface area (TPSA) is 64.1 Å². The summed E-state index contributed by atoms with van der Waals surface area (Å²) in [4.78, 5) is 20.5. The van der Waals surface area contributed by atoms with Crippen molar-refractivity contribution in [2.45, 2.75) is 59.6 Å². The summed E-state index contributed by atoms with van der Waals surface area (Å²) < 4.78 is 5.25. The molecule has 19 heavy (non-hydrogen) atoms. The molecule has 1 rings (SSSR count). The molecule has 0 saturated carbocycles. The second kappa shape index (κ2) is 5.99. The lowest BCUT2D eigenvalue weighted by Gasteiger charge is -2.22. The molecule has 0 unspecified atom stereocenters. The summed E-state index contributed by atoms with van der Waals surface area (Å²) >= 11 is 0. The molecule has 1 aromatic heterocycles. The zero-order valence-corrected chi connectivity index (χ0v) is 12.6. The van der Waals surface area contributed by atoms with E-state index in [1.807, 2.05) is 47.6 Å². The van der Waals surface area contributed by atoms with Gasteiger partial charge in [-0.25, -0.2) is 14.8 Å². The van der Waals surface area contributed by atoms with Crippen LogP contribution in [0.4, 0.5) is 4.79 Å². The van der Waals surface area contributed by atoms with Gasteiger partial charge in [0, 0.05) is 11.4 Å². The van der Waals surface area contributed by atoms with Gasteiger partial charge in [-0.2, -0.15) is 0 Å². The van der Waals surface area contributed by atoms with Crippen molar-refractivity contribution < 1.29 is 9.53 Å². The molecule has 1 atom stereocenters. The zero-order chi connectivity index (χ0) is 14.6. The number of nitrogens with zero attached hydrogens (tertiary/aromatic N) is 2. The van der Waals surface area contributed by atoms with Crippen LogP contribution in [0.5, 0.6) is 0 Å². The minimum atomic E-state index is -0.508. The zero-order valence-electron chi connectivity index (χ0n) is 12.6. The summed E-state index contributed by atoms with van der Waals surface area (Å²) in [5.41, 5.74) is 1.28. The average molecular weight is 265 g/mol. The van der Waals surface area contributed by atoms with E-state index in [1.54, 1.807) is 0 Å². The molecule has 0 aromatic carbocycles. The van der Waals surface area contributed by atoms with Crippen LogP contribution in [0.3, 0.4) is 0 Å². The molecule has 0 radical (unpaired) electrons. The highest BCUT2D eigenvalue weighted by atomic mass is 16.6. The van der Waals surface area contributed by atoms with E-state index >= 15 is 0 Å². The molecule has 5 heteroatoms. The molecule has 1 heterocycles. The van der Waals surface area contributed by atoms with Gasteiger partial charge in [0.25, 0.3) is 0 Å². The van der Waals surface area contributed by atoms with Gasteiger partial charge in [-0.1, -0.05) is 6.92 Å². The Morgan fingerprint density at radius 1 is 1.32 bits per heavy atom. The van der Waals surface area contributed by atoms with E-state index in [9.17, 15) is 4.79 Å². The van der Waals surface area contributed by atoms with Crippen molar-refractivity contribution in [1.29, 1.82) is 0 Å². The summed E-state index contributed by atoms with van der Waals surface area (Å²) in [5.74, 6) is 0.630. The van der Waals surface area contributed by atoms with Crippen LogP contribution in [-0.2, 0) is 4.74 Å². The van der Waals surface area contributed by atoms with E-state index in [2.05, 4.69) is 15.3 Å². The molecule has 0 fully saturated rings. The molecule has 1 aromatic rings. The maximum atomic E-state index is 11.8. The summed E-state index contributed by atoms with van der Waals surface area (Å²) in [7, 11) is 0. The van der Waals surface area contributed by atoms with Gasteiger partial charge in [-0.3, -0.25) is 0 Å². The van der Waals surface area contributed by atoms with E-state index in [4.69, 9.17) is 4.74 Å². The summed E-state index contributed by atoms with van der Waals surface area (Å²) in [5, 5.41) is 2.81. The molecule has 0 aliphatic carbocycles. The second-order valence-corrected chi connectivity index (χ2v) is 5.62. The van der Waals surface area contributed by atoms with Crippen molar-refractivity contribution in [2.75, 3.05) is 0 Å². The van der Waals surface area contributed by atoms with Gasteiger partial charge in [0.2, 0.25) is 0 Å². The standard InChI is InChI=1S/C14H23N3O2/c1-7-11(17-13(18)19-14(4,5)6)12-15-9(2)8-10(3)16-12/h8,11H,7H2,1-6H3,(H,17,18)/t11-/m0/s1. The molecule has 1 N–H and O–H groups in total. The Morgan fingerprint density at radius 3 is 2.26 bits per heavy atom. The van der Waals surface area contributed by atoms with Crippen LogP contribution in [0.25, 0.3) is 0 Å². The lowest BCUT2D eigenvalue weighted by atomic mass is 10.2. The summed E-state index contributed by atoms with van der Waals surface area (Å²) in [6, 6.07) is 1.68. The molecular formula is C14H23N3O2. The lowest BCUT2D eigenvalue weighted by Crippen LogP contribution is -2.35. The van der Waals surface area contributed by atoms with Gasteiger partial charge in [-0.05, 0) is 47.1 Å². The highest BCUT2D eigenvalue weighted by Gasteiger charge is 2.21. The van der Waals surface area contributed by atoms with Crippen LogP contribution < -0.4 is 5.32 Å². The molecule has 0 aliphatic heterocycles. The Labute approximate surface area is 114 Å². The van der Waals surface area contributed by atoms with Gasteiger partial charge < -0.3 is 10.1 Å². The van der Waals surface area contributed by atoms with Crippen LogP contribution in [-0.4, -0.2) is 21.7 Å². The van der Waals surface area contributed by atoms with Gasteiger partial charge in [-0.15, -0.1) is 0 Å². The third-order valence-corrected chi connectivity index (χ3v) is 2.41. The van der Waals surface area contributed by atoms with Crippen LogP contribution in [0.2, 0.25) is 0 Å². The molecule has 0 aliphatic rings. The minimum absolute atomic E-state index is 0.228. The molecule has 0 bridgehead atoms. The fourth-order valence-electron chi connectivity index (χ4n) is 1.71. The Hall–Kier alpha value is -1.65. The first kappa shape index (κ1) is 15.4. The third kappa shape index (κ3) is 5.24. The molecule has 106 valence electrons. The van der Waals surface area contributed by atoms with Crippen molar-refractivity contribution in [3.05, 3.63) is 23.3 Å². The number of amides is 1. The Kier molecular flexibility index (Phi) is 4.86. The number of aryl methyl sites for hydroxylation is 2. The van der Waals surface area contributed by atoms with E-state index in [-0.39, 0.29) is 6.04 Å². The normalized spacial score (nSPS) is 12.9. The van der Waals surface area contributed by atoms with E-state index in [1.165, 1.54) is 0 Å². The van der Waals surface area contributed by atoms with Gasteiger partial charge >= 0.3 is 6.09 Å². The first-order chi connectivity index (χ1) is 8.71. The van der Waals surface area contributed by atoms with Crippen LogP contribution in [0.15, 0.2) is 6.07 Å². The number of carbonyl (C=O) groups excluding carboxylic acids is 1. The van der Waals surface area contributed by atoms with Crippen molar-refractivity contribution in [3.8, 4) is 0 Å². The predicted octanol–water partition coefficient (Wildman–Crippen LogP) is 3.07. The highest BCUT2D eigenvalue weighted by Crippen LogP contribution is 2.15. The lowest BCUT2D eigenvalue weighted by molar-refractivity contribution is 0.0499. The van der Waals surface area contributed by atoms with Gasteiger partial charge in [0.1, 0.15) is 5.60 Å². The van der Waals surface area contributed by atoms with Crippen molar-refractivity contribution >= 4 is 6.09 Å². The maximum absolute atomic E-state index is 11.8. The molecule has 0 spiro atoms. The first-order valence-electron chi connectivity index (χ1n) is 6.53. The predicted molar refractivity (Wildman–Crippen MR) is 73.9 cm³/mol. The number of nitrogens with one attached hydrogen (secondary N) is 1. The van der Waals surface area contributed by atoms with E-state index < -0.39 is 11.7 Å². The number of ether oxygens (including phenoxy) is 1. The molecular weight excluding hydrogens is 242 g/mol. The maximum Gasteiger partial charge on any atom is 0.408 e. The SMILES string of the molecule is CC[C@H](NC(=O)OC(C)(C)C)c1nc(C)cc(C)n1. The summed E-state index contributed by atoms with van der Waals surface area (Å²) in [6.07, 6.45) is 0.268. The number of aromatic nitrogens is 2. The quantitative estimate of drug-likeness (QED) is 0.912. The Balaban J connectivity index is 2.81. The highest BCUT2D eigenvalue weighted by molar-refractivity contribution is 5.68. The van der Waals surface area contributed by atoms with E-state index in [0.717, 1.165) is 11.4 Å². The Bertz CT molecular complexity index is 432. The fourth-order valence-corrected chi connectivity index (χ4v) is 1.71. The summed E-state index contributed by atoms with van der Waals surface area (Å²) in [6.45, 7) is 11.3. The van der Waals surface area contributed by atoms with E-state index in [0.29, 0.717) is 12.2 Å². The van der Waals surface area contributed by atoms with Crippen LogP contribution >= 0.6 is 0 Å². The molecule has 0 saturated heterocycles.